The zero-order valence-electron chi connectivity index (χ0n) is 7.67. The lowest BCUT2D eigenvalue weighted by Crippen LogP contribution is -2.32. The van der Waals surface area contributed by atoms with Crippen molar-refractivity contribution in [2.75, 3.05) is 0 Å². The second-order valence-corrected chi connectivity index (χ2v) is 5.92. The Morgan fingerprint density at radius 1 is 1.36 bits per heavy atom. The largest absolute Gasteiger partial charge is 0.259 e. The predicted molar refractivity (Wildman–Crippen MR) is 50.1 cm³/mol. The molecule has 1 aliphatic heterocycles. The van der Waals surface area contributed by atoms with Crippen LogP contribution < -0.4 is 0 Å². The summed E-state index contributed by atoms with van der Waals surface area (Å²) in [6, 6.07) is 0. The van der Waals surface area contributed by atoms with Gasteiger partial charge >= 0.3 is 0 Å². The normalized spacial score (nSPS) is 39.5. The van der Waals surface area contributed by atoms with Gasteiger partial charge in [0.1, 0.15) is 0 Å². The molecule has 66 valence electrons. The second kappa shape index (κ2) is 3.70. The fourth-order valence-corrected chi connectivity index (χ4v) is 3.67. The van der Waals surface area contributed by atoms with E-state index < -0.39 is 10.8 Å². The van der Waals surface area contributed by atoms with Crippen LogP contribution in [0, 0.1) is 5.92 Å². The summed E-state index contributed by atoms with van der Waals surface area (Å²) in [6.45, 7) is 6.48. The van der Waals surface area contributed by atoms with Crippen molar-refractivity contribution in [2.45, 2.75) is 50.5 Å². The molecule has 0 bridgehead atoms. The van der Waals surface area contributed by atoms with Crippen LogP contribution in [0.25, 0.3) is 0 Å². The molecule has 0 aromatic heterocycles. The molecular weight excluding hydrogens is 156 g/mol. The zero-order chi connectivity index (χ0) is 8.43. The fourth-order valence-electron chi connectivity index (χ4n) is 1.74. The number of hydrogen-bond acceptors (Lipinski definition) is 1. The van der Waals surface area contributed by atoms with Gasteiger partial charge in [-0.05, 0) is 18.8 Å². The smallest absolute Gasteiger partial charge is 0.0373 e. The van der Waals surface area contributed by atoms with Crippen LogP contribution in [0.1, 0.15) is 40.0 Å². The van der Waals surface area contributed by atoms with Crippen molar-refractivity contribution in [3.05, 3.63) is 0 Å². The Morgan fingerprint density at radius 3 is 2.45 bits per heavy atom. The zero-order valence-corrected chi connectivity index (χ0v) is 8.49. The van der Waals surface area contributed by atoms with Crippen LogP contribution in [0.15, 0.2) is 0 Å². The maximum absolute atomic E-state index is 11.7. The minimum absolute atomic E-state index is 0.441. The van der Waals surface area contributed by atoms with E-state index in [4.69, 9.17) is 0 Å². The molecule has 0 aromatic carbocycles. The maximum atomic E-state index is 11.7. The molecule has 0 saturated carbocycles. The van der Waals surface area contributed by atoms with E-state index in [0.29, 0.717) is 16.4 Å². The molecular formula is C9H18OS. The predicted octanol–water partition coefficient (Wildman–Crippen LogP) is 2.33. The second-order valence-electron chi connectivity index (χ2n) is 3.85. The first-order chi connectivity index (χ1) is 5.13. The van der Waals surface area contributed by atoms with Crippen molar-refractivity contribution in [1.29, 1.82) is 0 Å². The van der Waals surface area contributed by atoms with Crippen molar-refractivity contribution in [2.24, 2.45) is 5.92 Å². The highest BCUT2D eigenvalue weighted by atomic mass is 32.2. The Labute approximate surface area is 72.0 Å². The van der Waals surface area contributed by atoms with E-state index in [2.05, 4.69) is 20.8 Å². The molecule has 0 amide bonds. The summed E-state index contributed by atoms with van der Waals surface area (Å²) in [5.41, 5.74) is 0. The minimum Gasteiger partial charge on any atom is -0.259 e. The lowest BCUT2D eigenvalue weighted by atomic mass is 10.0. The molecule has 3 unspecified atom stereocenters. The molecule has 0 aliphatic carbocycles. The Morgan fingerprint density at radius 2 is 2.00 bits per heavy atom. The van der Waals surface area contributed by atoms with Crippen LogP contribution in [0.4, 0.5) is 0 Å². The number of hydrogen-bond donors (Lipinski definition) is 0. The first kappa shape index (κ1) is 9.24. The van der Waals surface area contributed by atoms with Crippen LogP contribution in [0.5, 0.6) is 0 Å². The summed E-state index contributed by atoms with van der Waals surface area (Å²) in [7, 11) is -0.553. The van der Waals surface area contributed by atoms with Crippen molar-refractivity contribution < 1.29 is 4.21 Å². The van der Waals surface area contributed by atoms with Crippen molar-refractivity contribution >= 4 is 10.8 Å². The average molecular weight is 174 g/mol. The standard InChI is InChI=1S/C9H18OS/c1-7(2)9-6-4-5-8(3)11(9)10/h7-9H,4-6H2,1-3H3. The molecule has 0 radical (unpaired) electrons. The first-order valence-electron chi connectivity index (χ1n) is 4.52. The van der Waals surface area contributed by atoms with Gasteiger partial charge in [0.05, 0.1) is 0 Å². The maximum Gasteiger partial charge on any atom is 0.0373 e. The van der Waals surface area contributed by atoms with E-state index in [0.717, 1.165) is 6.42 Å². The summed E-state index contributed by atoms with van der Waals surface area (Å²) in [5.74, 6) is 0.596. The third-order valence-electron chi connectivity index (χ3n) is 2.54. The van der Waals surface area contributed by atoms with Crippen LogP contribution in [0.3, 0.4) is 0 Å². The van der Waals surface area contributed by atoms with E-state index in [9.17, 15) is 4.21 Å². The minimum atomic E-state index is -0.553. The van der Waals surface area contributed by atoms with Crippen LogP contribution >= 0.6 is 0 Å². The first-order valence-corrected chi connectivity index (χ1v) is 5.80. The summed E-state index contributed by atoms with van der Waals surface area (Å²) < 4.78 is 11.7. The molecule has 1 fully saturated rings. The van der Waals surface area contributed by atoms with Crippen molar-refractivity contribution in [3.8, 4) is 0 Å². The van der Waals surface area contributed by atoms with Gasteiger partial charge in [0.15, 0.2) is 0 Å². The molecule has 11 heavy (non-hydrogen) atoms. The fraction of sp³-hybridized carbons (Fsp3) is 1.00. The van der Waals surface area contributed by atoms with Gasteiger partial charge in [-0.2, -0.15) is 0 Å². The van der Waals surface area contributed by atoms with Gasteiger partial charge in [0.2, 0.25) is 0 Å². The van der Waals surface area contributed by atoms with Gasteiger partial charge in [0.25, 0.3) is 0 Å². The van der Waals surface area contributed by atoms with Gasteiger partial charge in [0, 0.05) is 21.3 Å². The summed E-state index contributed by atoms with van der Waals surface area (Å²) in [4.78, 5) is 0. The van der Waals surface area contributed by atoms with Gasteiger partial charge in [-0.1, -0.05) is 27.2 Å². The molecule has 1 heterocycles. The van der Waals surface area contributed by atoms with Gasteiger partial charge in [-0.15, -0.1) is 0 Å². The summed E-state index contributed by atoms with van der Waals surface area (Å²) in [6.07, 6.45) is 3.61. The molecule has 1 rings (SSSR count). The van der Waals surface area contributed by atoms with Crippen molar-refractivity contribution in [3.63, 3.8) is 0 Å². The molecule has 1 aliphatic rings. The van der Waals surface area contributed by atoms with E-state index in [-0.39, 0.29) is 0 Å². The topological polar surface area (TPSA) is 17.1 Å². The lowest BCUT2D eigenvalue weighted by Gasteiger charge is -2.28. The molecule has 0 N–H and O–H groups in total. The molecule has 1 saturated heterocycles. The molecule has 1 nitrogen and oxygen atoms in total. The Kier molecular flexibility index (Phi) is 3.11. The molecule has 0 spiro atoms. The van der Waals surface area contributed by atoms with Crippen LogP contribution in [-0.2, 0) is 10.8 Å². The highest BCUT2D eigenvalue weighted by molar-refractivity contribution is 7.86. The van der Waals surface area contributed by atoms with Crippen molar-refractivity contribution in [1.82, 2.24) is 0 Å². The van der Waals surface area contributed by atoms with E-state index >= 15 is 0 Å². The van der Waals surface area contributed by atoms with Gasteiger partial charge in [-0.3, -0.25) is 4.21 Å². The highest BCUT2D eigenvalue weighted by Gasteiger charge is 2.28. The van der Waals surface area contributed by atoms with E-state index in [1.54, 1.807) is 0 Å². The molecule has 0 aromatic rings. The summed E-state index contributed by atoms with van der Waals surface area (Å²) in [5, 5.41) is 0.912. The SMILES string of the molecule is CC(C)C1CCCC(C)S1=O. The van der Waals surface area contributed by atoms with Crippen LogP contribution in [-0.4, -0.2) is 14.7 Å². The average Bonchev–Trinajstić information content (AvgIpc) is 1.94. The van der Waals surface area contributed by atoms with Gasteiger partial charge < -0.3 is 0 Å². The van der Waals surface area contributed by atoms with E-state index in [1.807, 2.05) is 0 Å². The monoisotopic (exact) mass is 174 g/mol. The quantitative estimate of drug-likeness (QED) is 0.596. The number of rotatable bonds is 1. The van der Waals surface area contributed by atoms with Crippen LogP contribution in [0.2, 0.25) is 0 Å². The van der Waals surface area contributed by atoms with Gasteiger partial charge in [-0.25, -0.2) is 0 Å². The Hall–Kier alpha value is 0.150. The highest BCUT2D eigenvalue weighted by Crippen LogP contribution is 2.26. The third-order valence-corrected chi connectivity index (χ3v) is 4.94. The molecule has 2 heteroatoms. The summed E-state index contributed by atoms with van der Waals surface area (Å²) >= 11 is 0. The Bertz CT molecular complexity index is 154. The van der Waals surface area contributed by atoms with E-state index in [1.165, 1.54) is 12.8 Å². The Balaban J connectivity index is 2.58. The molecule has 3 atom stereocenters. The third kappa shape index (κ3) is 2.05. The lowest BCUT2D eigenvalue weighted by molar-refractivity contribution is 0.495.